The Morgan fingerprint density at radius 2 is 0.667 bits per heavy atom. The Kier molecular flexibility index (Phi) is 45.9. The molecule has 0 spiro atoms. The predicted molar refractivity (Wildman–Crippen MR) is 270 cm³/mol. The monoisotopic (exact) mass is 883 g/mol. The van der Waals surface area contributed by atoms with Crippen LogP contribution in [0.5, 0.6) is 0 Å². The lowest BCUT2D eigenvalue weighted by atomic mass is 9.82. The van der Waals surface area contributed by atoms with E-state index in [1.807, 2.05) is 0 Å². The van der Waals surface area contributed by atoms with Gasteiger partial charge >= 0.3 is 5.97 Å². The number of aliphatic hydroxyl groups is 2. The van der Waals surface area contributed by atoms with Gasteiger partial charge in [-0.1, -0.05) is 204 Å². The quantitative estimate of drug-likeness (QED) is 0.0273. The van der Waals surface area contributed by atoms with Crippen LogP contribution in [0.1, 0.15) is 278 Å². The summed E-state index contributed by atoms with van der Waals surface area (Å²) >= 11 is 0. The number of esters is 1. The van der Waals surface area contributed by atoms with E-state index in [0.29, 0.717) is 19.3 Å². The van der Waals surface area contributed by atoms with Crippen LogP contribution in [-0.2, 0) is 19.1 Å². The minimum absolute atomic E-state index is 0.0176. The molecule has 0 aliphatic heterocycles. The van der Waals surface area contributed by atoms with E-state index in [1.165, 1.54) is 103 Å². The van der Waals surface area contributed by atoms with E-state index in [9.17, 15) is 24.6 Å². The number of ketones is 2. The Labute approximate surface area is 390 Å². The summed E-state index contributed by atoms with van der Waals surface area (Å²) in [5.41, 5.74) is -2.55. The number of aliphatic hydroxyl groups excluding tert-OH is 1. The summed E-state index contributed by atoms with van der Waals surface area (Å²) in [5.74, 6) is -1.79. The number of hydrogen-bond acceptors (Lipinski definition) is 6. The second-order valence-corrected chi connectivity index (χ2v) is 18.5. The van der Waals surface area contributed by atoms with Crippen molar-refractivity contribution in [3.8, 4) is 0 Å². The van der Waals surface area contributed by atoms with Crippen LogP contribution in [0.25, 0.3) is 0 Å². The van der Waals surface area contributed by atoms with E-state index in [1.54, 1.807) is 0 Å². The van der Waals surface area contributed by atoms with Crippen molar-refractivity contribution in [2.24, 2.45) is 0 Å². The van der Waals surface area contributed by atoms with Crippen molar-refractivity contribution in [3.63, 3.8) is 0 Å². The lowest BCUT2D eigenvalue weighted by molar-refractivity contribution is -0.172. The van der Waals surface area contributed by atoms with Gasteiger partial charge in [0, 0.05) is 19.3 Å². The van der Waals surface area contributed by atoms with Gasteiger partial charge in [-0.2, -0.15) is 0 Å². The summed E-state index contributed by atoms with van der Waals surface area (Å²) in [5, 5.41) is 22.7. The first-order valence-electron chi connectivity index (χ1n) is 27.1. The fourth-order valence-electron chi connectivity index (χ4n) is 8.07. The number of ether oxygens (including phenoxy) is 1. The highest BCUT2D eigenvalue weighted by Crippen LogP contribution is 2.23. The smallest absolute Gasteiger partial charge is 0.305 e. The zero-order valence-corrected chi connectivity index (χ0v) is 41.7. The van der Waals surface area contributed by atoms with Gasteiger partial charge in [0.2, 0.25) is 5.60 Å². The highest BCUT2D eigenvalue weighted by Gasteiger charge is 2.49. The Hall–Kier alpha value is -2.31. The lowest BCUT2D eigenvalue weighted by Gasteiger charge is -2.30. The molecule has 1 atom stereocenters. The molecule has 2 N–H and O–H groups in total. The highest BCUT2D eigenvalue weighted by atomic mass is 16.5. The Morgan fingerprint density at radius 1 is 0.397 bits per heavy atom. The van der Waals surface area contributed by atoms with Crippen LogP contribution >= 0.6 is 0 Å². The van der Waals surface area contributed by atoms with Crippen LogP contribution in [0.15, 0.2) is 48.6 Å². The van der Waals surface area contributed by atoms with Crippen LogP contribution in [0, 0.1) is 0 Å². The maximum atomic E-state index is 13.5. The van der Waals surface area contributed by atoms with Crippen molar-refractivity contribution < 1.29 is 29.3 Å². The molecule has 0 rings (SSSR count). The van der Waals surface area contributed by atoms with Gasteiger partial charge in [-0.15, -0.1) is 0 Å². The van der Waals surface area contributed by atoms with E-state index >= 15 is 0 Å². The highest BCUT2D eigenvalue weighted by molar-refractivity contribution is 6.10. The molecule has 0 heterocycles. The average molecular weight is 883 g/mol. The fourth-order valence-corrected chi connectivity index (χ4v) is 8.07. The molecular formula is C57H102O6. The summed E-state index contributed by atoms with van der Waals surface area (Å²) in [6, 6.07) is 0. The average Bonchev–Trinajstić information content (AvgIpc) is 3.28. The van der Waals surface area contributed by atoms with Crippen molar-refractivity contribution in [1.29, 1.82) is 0 Å². The van der Waals surface area contributed by atoms with Gasteiger partial charge in [-0.3, -0.25) is 14.4 Å². The number of carbonyl (C=O) groups is 3. The normalized spacial score (nSPS) is 12.8. The Morgan fingerprint density at radius 3 is 1.03 bits per heavy atom. The first kappa shape index (κ1) is 60.7. The number of unbranched alkanes of at least 4 members (excludes halogenated alkanes) is 30. The van der Waals surface area contributed by atoms with Crippen molar-refractivity contribution in [2.75, 3.05) is 6.61 Å². The van der Waals surface area contributed by atoms with Crippen LogP contribution in [0.3, 0.4) is 0 Å². The summed E-state index contributed by atoms with van der Waals surface area (Å²) in [6.45, 7) is 6.17. The molecule has 0 radical (unpaired) electrons. The third-order valence-electron chi connectivity index (χ3n) is 12.4. The second kappa shape index (κ2) is 47.6. The summed E-state index contributed by atoms with van der Waals surface area (Å²) < 4.78 is 5.35. The Balaban J connectivity index is 4.70. The van der Waals surface area contributed by atoms with Crippen LogP contribution < -0.4 is 0 Å². The first-order chi connectivity index (χ1) is 30.8. The van der Waals surface area contributed by atoms with Gasteiger partial charge in [0.25, 0.3) is 0 Å². The topological polar surface area (TPSA) is 101 Å². The van der Waals surface area contributed by atoms with Crippen LogP contribution in [0.4, 0.5) is 0 Å². The maximum Gasteiger partial charge on any atom is 0.305 e. The van der Waals surface area contributed by atoms with E-state index < -0.39 is 35.8 Å². The summed E-state index contributed by atoms with van der Waals surface area (Å²) in [6.07, 6.45) is 58.0. The van der Waals surface area contributed by atoms with E-state index in [4.69, 9.17) is 4.74 Å². The number of carbonyl (C=O) groups excluding carboxylic acids is 3. The number of Topliss-reactive ketones (excluding diaryl/α,β-unsaturated/α-hetero) is 2. The van der Waals surface area contributed by atoms with Gasteiger partial charge in [0.15, 0.2) is 11.6 Å². The molecule has 0 aliphatic carbocycles. The molecule has 0 saturated heterocycles. The van der Waals surface area contributed by atoms with Gasteiger partial charge in [0.1, 0.15) is 12.7 Å². The van der Waals surface area contributed by atoms with Gasteiger partial charge in [-0.25, -0.2) is 0 Å². The third-order valence-corrected chi connectivity index (χ3v) is 12.4. The van der Waals surface area contributed by atoms with E-state index in [2.05, 4.69) is 69.4 Å². The molecule has 0 fully saturated rings. The molecule has 0 aromatic carbocycles. The van der Waals surface area contributed by atoms with Crippen molar-refractivity contribution >= 4 is 17.5 Å². The van der Waals surface area contributed by atoms with Gasteiger partial charge < -0.3 is 14.9 Å². The molecule has 0 bridgehead atoms. The molecule has 6 heteroatoms. The Bertz CT molecular complexity index is 1100. The molecular weight excluding hydrogens is 781 g/mol. The van der Waals surface area contributed by atoms with Crippen molar-refractivity contribution in [2.45, 2.75) is 289 Å². The number of allylic oxidation sites excluding steroid dienone is 8. The van der Waals surface area contributed by atoms with Crippen LogP contribution in [0.2, 0.25) is 0 Å². The lowest BCUT2D eigenvalue weighted by Crippen LogP contribution is -2.57. The standard InChI is InChI=1S/C57H102O6/c1-4-7-10-13-16-19-22-25-28-31-34-37-40-43-46-49-53(58)57(62,54(59)50-47-44-41-38-35-32-29-26-23-20-17-14-11-8-5-2)55(60)52-63-56(61)51-48-45-42-39-36-33-30-27-24-21-18-15-12-9-6-3/h18,21,25-30,55,60,62H,4-17,19-20,22-24,31-52H2,1-3H3/b21-18-,28-25-,29-26-,30-27-. The minimum Gasteiger partial charge on any atom is -0.463 e. The fraction of sp³-hybridized carbons (Fsp3) is 0.807. The SMILES string of the molecule is CCCCC/C=C\C/C=C\CCCCCCCC(=O)OCC(O)C(O)(C(=O)CCCCCCC/C=C\CCCCCCCC)C(=O)CCCCCCC/C=C\CCCCCCCC. The first-order valence-corrected chi connectivity index (χ1v) is 27.1. The molecule has 0 aliphatic rings. The van der Waals surface area contributed by atoms with Crippen LogP contribution in [-0.4, -0.2) is 46.1 Å². The van der Waals surface area contributed by atoms with E-state index in [0.717, 1.165) is 116 Å². The van der Waals surface area contributed by atoms with Gasteiger partial charge in [-0.05, 0) is 103 Å². The molecule has 6 nitrogen and oxygen atoms in total. The molecule has 63 heavy (non-hydrogen) atoms. The molecule has 0 aromatic rings. The molecule has 0 saturated carbocycles. The van der Waals surface area contributed by atoms with Crippen molar-refractivity contribution in [1.82, 2.24) is 0 Å². The molecule has 1 unspecified atom stereocenters. The second-order valence-electron chi connectivity index (χ2n) is 18.5. The number of hydrogen-bond donors (Lipinski definition) is 2. The molecule has 366 valence electrons. The largest absolute Gasteiger partial charge is 0.463 e. The van der Waals surface area contributed by atoms with Gasteiger partial charge in [0.05, 0.1) is 0 Å². The predicted octanol–water partition coefficient (Wildman–Crippen LogP) is 16.6. The third kappa shape index (κ3) is 38.7. The molecule has 0 aromatic heterocycles. The minimum atomic E-state index is -2.55. The zero-order chi connectivity index (χ0) is 46.2. The zero-order valence-electron chi connectivity index (χ0n) is 41.7. The van der Waals surface area contributed by atoms with E-state index in [-0.39, 0.29) is 19.3 Å². The molecule has 0 amide bonds. The summed E-state index contributed by atoms with van der Waals surface area (Å²) in [7, 11) is 0. The number of rotatable bonds is 49. The van der Waals surface area contributed by atoms with Crippen molar-refractivity contribution in [3.05, 3.63) is 48.6 Å². The summed E-state index contributed by atoms with van der Waals surface area (Å²) in [4.78, 5) is 39.6. The maximum absolute atomic E-state index is 13.5.